The van der Waals surface area contributed by atoms with Gasteiger partial charge >= 0.3 is 0 Å². The first-order valence-electron chi connectivity index (χ1n) is 8.92. The Bertz CT molecular complexity index is 870. The standard InChI is InChI=1S/C19H25NO3S3/c1-14(2)16-5-7-17(8-6-16)19-20-18(10-24-19)12-25(21)11-15-4-3-9-26(22,23)13-15/h5-8,10,14-15H,3-4,9,11-13H2,1-2H3. The highest BCUT2D eigenvalue weighted by Gasteiger charge is 2.26. The Balaban J connectivity index is 1.60. The largest absolute Gasteiger partial charge is 0.259 e. The molecule has 0 N–H and O–H groups in total. The summed E-state index contributed by atoms with van der Waals surface area (Å²) < 4.78 is 35.9. The zero-order valence-electron chi connectivity index (χ0n) is 15.2. The summed E-state index contributed by atoms with van der Waals surface area (Å²) in [5, 5.41) is 2.90. The van der Waals surface area contributed by atoms with Gasteiger partial charge in [-0.05, 0) is 30.2 Å². The molecule has 1 aliphatic rings. The molecule has 0 amide bonds. The Kier molecular flexibility index (Phi) is 6.30. The SMILES string of the molecule is CC(C)c1ccc(-c2nc(CS(=O)CC3CCCS(=O)(=O)C3)cs2)cc1. The first-order valence-corrected chi connectivity index (χ1v) is 13.1. The van der Waals surface area contributed by atoms with E-state index in [0.717, 1.165) is 22.7 Å². The Morgan fingerprint density at radius 1 is 1.27 bits per heavy atom. The molecular formula is C19H25NO3S3. The fraction of sp³-hybridized carbons (Fsp3) is 0.526. The highest BCUT2D eigenvalue weighted by molar-refractivity contribution is 7.91. The molecule has 1 aromatic heterocycles. The summed E-state index contributed by atoms with van der Waals surface area (Å²) in [7, 11) is -4.02. The van der Waals surface area contributed by atoms with Crippen LogP contribution < -0.4 is 0 Å². The van der Waals surface area contributed by atoms with Gasteiger partial charge in [-0.3, -0.25) is 4.21 Å². The van der Waals surface area contributed by atoms with E-state index in [1.807, 2.05) is 5.38 Å². The van der Waals surface area contributed by atoms with E-state index in [1.165, 1.54) is 5.56 Å². The van der Waals surface area contributed by atoms with Crippen molar-refractivity contribution in [1.82, 2.24) is 4.98 Å². The molecule has 0 bridgehead atoms. The van der Waals surface area contributed by atoms with Crippen LogP contribution in [0.1, 0.15) is 43.9 Å². The number of sulfone groups is 1. The van der Waals surface area contributed by atoms with E-state index >= 15 is 0 Å². The van der Waals surface area contributed by atoms with E-state index in [2.05, 4.69) is 43.1 Å². The lowest BCUT2D eigenvalue weighted by Crippen LogP contribution is -2.28. The van der Waals surface area contributed by atoms with Gasteiger partial charge in [-0.25, -0.2) is 13.4 Å². The van der Waals surface area contributed by atoms with Gasteiger partial charge in [0.1, 0.15) is 5.01 Å². The summed E-state index contributed by atoms with van der Waals surface area (Å²) in [4.78, 5) is 4.62. The van der Waals surface area contributed by atoms with Crippen LogP contribution in [0.15, 0.2) is 29.6 Å². The van der Waals surface area contributed by atoms with Crippen LogP contribution >= 0.6 is 11.3 Å². The molecule has 0 aliphatic carbocycles. The third-order valence-electron chi connectivity index (χ3n) is 4.66. The van der Waals surface area contributed by atoms with Crippen molar-refractivity contribution < 1.29 is 12.6 Å². The molecule has 26 heavy (non-hydrogen) atoms. The Hall–Kier alpha value is -1.05. The van der Waals surface area contributed by atoms with Crippen LogP contribution in [0, 0.1) is 5.92 Å². The molecule has 2 heterocycles. The van der Waals surface area contributed by atoms with Crippen LogP contribution in [-0.2, 0) is 26.4 Å². The predicted molar refractivity (Wildman–Crippen MR) is 110 cm³/mol. The van der Waals surface area contributed by atoms with Crippen molar-refractivity contribution in [1.29, 1.82) is 0 Å². The molecule has 1 saturated heterocycles. The minimum Gasteiger partial charge on any atom is -0.259 e. The topological polar surface area (TPSA) is 64.1 Å². The molecule has 0 radical (unpaired) electrons. The number of aromatic nitrogens is 1. The van der Waals surface area contributed by atoms with Crippen molar-refractivity contribution in [3.63, 3.8) is 0 Å². The van der Waals surface area contributed by atoms with E-state index in [4.69, 9.17) is 0 Å². The van der Waals surface area contributed by atoms with Crippen LogP contribution in [0.25, 0.3) is 10.6 Å². The molecular weight excluding hydrogens is 386 g/mol. The molecule has 7 heteroatoms. The van der Waals surface area contributed by atoms with Crippen LogP contribution in [0.4, 0.5) is 0 Å². The second kappa shape index (κ2) is 8.31. The predicted octanol–water partition coefficient (Wildman–Crippen LogP) is 4.01. The number of nitrogens with zero attached hydrogens (tertiary/aromatic N) is 1. The van der Waals surface area contributed by atoms with Gasteiger partial charge in [0.15, 0.2) is 9.84 Å². The minimum atomic E-state index is -2.94. The number of benzene rings is 1. The Morgan fingerprint density at radius 3 is 2.65 bits per heavy atom. The monoisotopic (exact) mass is 411 g/mol. The average Bonchev–Trinajstić information content (AvgIpc) is 3.02. The molecule has 1 aliphatic heterocycles. The third kappa shape index (κ3) is 5.24. The molecule has 0 saturated carbocycles. The van der Waals surface area contributed by atoms with Crippen molar-refractivity contribution in [3.8, 4) is 10.6 Å². The zero-order valence-corrected chi connectivity index (χ0v) is 17.6. The molecule has 2 aromatic rings. The van der Waals surface area contributed by atoms with Crippen molar-refractivity contribution >= 4 is 32.0 Å². The number of thiazole rings is 1. The minimum absolute atomic E-state index is 0.0243. The first-order chi connectivity index (χ1) is 12.3. The van der Waals surface area contributed by atoms with E-state index in [9.17, 15) is 12.6 Å². The lowest BCUT2D eigenvalue weighted by Gasteiger charge is -2.21. The van der Waals surface area contributed by atoms with E-state index in [0.29, 0.717) is 23.8 Å². The smallest absolute Gasteiger partial charge is 0.150 e. The summed E-state index contributed by atoms with van der Waals surface area (Å²) in [6, 6.07) is 8.43. The molecule has 1 aromatic carbocycles. The fourth-order valence-corrected chi connectivity index (χ4v) is 7.51. The van der Waals surface area contributed by atoms with Crippen LogP contribution in [0.3, 0.4) is 0 Å². The molecule has 4 nitrogen and oxygen atoms in total. The number of hydrogen-bond donors (Lipinski definition) is 0. The highest BCUT2D eigenvalue weighted by Crippen LogP contribution is 2.27. The maximum atomic E-state index is 12.4. The van der Waals surface area contributed by atoms with Crippen LogP contribution in [-0.4, -0.2) is 34.9 Å². The van der Waals surface area contributed by atoms with Gasteiger partial charge in [-0.1, -0.05) is 38.1 Å². The van der Waals surface area contributed by atoms with Gasteiger partial charge in [-0.15, -0.1) is 11.3 Å². The summed E-state index contributed by atoms with van der Waals surface area (Å²) >= 11 is 1.56. The number of rotatable bonds is 6. The third-order valence-corrected chi connectivity index (χ3v) is 8.95. The quantitative estimate of drug-likeness (QED) is 0.720. The van der Waals surface area contributed by atoms with E-state index in [1.54, 1.807) is 11.3 Å². The van der Waals surface area contributed by atoms with Gasteiger partial charge in [0.05, 0.1) is 23.0 Å². The molecule has 0 spiro atoms. The first kappa shape index (κ1) is 19.7. The van der Waals surface area contributed by atoms with Crippen molar-refractivity contribution in [2.75, 3.05) is 17.3 Å². The summed E-state index contributed by atoms with van der Waals surface area (Å²) in [5.41, 5.74) is 3.21. The van der Waals surface area contributed by atoms with Gasteiger partial charge < -0.3 is 0 Å². The van der Waals surface area contributed by atoms with Crippen LogP contribution in [0.2, 0.25) is 0 Å². The Labute approximate surface area is 162 Å². The highest BCUT2D eigenvalue weighted by atomic mass is 32.2. The second-order valence-corrected chi connectivity index (χ2v) is 11.9. The fourth-order valence-electron chi connectivity index (χ4n) is 3.25. The molecule has 3 rings (SSSR count). The van der Waals surface area contributed by atoms with Crippen LogP contribution in [0.5, 0.6) is 0 Å². The summed E-state index contributed by atoms with van der Waals surface area (Å²) in [6.45, 7) is 4.34. The van der Waals surface area contributed by atoms with Gasteiger partial charge in [0.2, 0.25) is 0 Å². The zero-order chi connectivity index (χ0) is 18.7. The van der Waals surface area contributed by atoms with Gasteiger partial charge in [0.25, 0.3) is 0 Å². The molecule has 2 unspecified atom stereocenters. The maximum absolute atomic E-state index is 12.4. The van der Waals surface area contributed by atoms with Crippen molar-refractivity contribution in [2.45, 2.75) is 38.4 Å². The summed E-state index contributed by atoms with van der Waals surface area (Å²) in [5.74, 6) is 1.84. The van der Waals surface area contributed by atoms with E-state index in [-0.39, 0.29) is 17.4 Å². The normalized spacial score (nSPS) is 21.0. The maximum Gasteiger partial charge on any atom is 0.150 e. The average molecular weight is 412 g/mol. The Morgan fingerprint density at radius 2 is 2.00 bits per heavy atom. The van der Waals surface area contributed by atoms with Crippen molar-refractivity contribution in [2.24, 2.45) is 5.92 Å². The molecule has 2 atom stereocenters. The van der Waals surface area contributed by atoms with E-state index < -0.39 is 20.6 Å². The second-order valence-electron chi connectivity index (χ2n) is 7.29. The lowest BCUT2D eigenvalue weighted by atomic mass is 10.0. The lowest BCUT2D eigenvalue weighted by molar-refractivity contribution is 0.517. The summed E-state index contributed by atoms with van der Waals surface area (Å²) in [6.07, 6.45) is 1.55. The molecule has 1 fully saturated rings. The van der Waals surface area contributed by atoms with Crippen molar-refractivity contribution in [3.05, 3.63) is 40.9 Å². The van der Waals surface area contributed by atoms with Gasteiger partial charge in [-0.2, -0.15) is 0 Å². The number of hydrogen-bond acceptors (Lipinski definition) is 5. The molecule has 142 valence electrons. The van der Waals surface area contributed by atoms with Gasteiger partial charge in [0, 0.05) is 27.5 Å².